The molecule has 1 aromatic rings. The minimum absolute atomic E-state index is 0.364. The Hall–Kier alpha value is -1.09. The van der Waals surface area contributed by atoms with Gasteiger partial charge in [-0.3, -0.25) is 4.98 Å². The van der Waals surface area contributed by atoms with Gasteiger partial charge in [-0.05, 0) is 30.9 Å². The van der Waals surface area contributed by atoms with E-state index >= 15 is 0 Å². The second kappa shape index (κ2) is 4.19. The van der Waals surface area contributed by atoms with Gasteiger partial charge >= 0.3 is 0 Å². The molecule has 2 N–H and O–H groups in total. The van der Waals surface area contributed by atoms with Gasteiger partial charge in [0.05, 0.1) is 0 Å². The van der Waals surface area contributed by atoms with Crippen molar-refractivity contribution in [2.45, 2.75) is 26.3 Å². The van der Waals surface area contributed by atoms with E-state index in [-0.39, 0.29) is 0 Å². The van der Waals surface area contributed by atoms with Crippen molar-refractivity contribution in [1.82, 2.24) is 4.98 Å². The van der Waals surface area contributed by atoms with E-state index < -0.39 is 0 Å². The molecule has 82 valence electrons. The van der Waals surface area contributed by atoms with Gasteiger partial charge in [-0.15, -0.1) is 0 Å². The Morgan fingerprint density at radius 1 is 1.53 bits per heavy atom. The molecular weight excluding hydrogens is 186 g/mol. The van der Waals surface area contributed by atoms with Gasteiger partial charge in [0.2, 0.25) is 0 Å². The summed E-state index contributed by atoms with van der Waals surface area (Å²) in [6.45, 7) is 6.47. The highest BCUT2D eigenvalue weighted by Crippen LogP contribution is 2.24. The molecule has 0 saturated carbocycles. The molecule has 1 fully saturated rings. The van der Waals surface area contributed by atoms with E-state index in [2.05, 4.69) is 29.8 Å². The third-order valence-electron chi connectivity index (χ3n) is 3.30. The maximum Gasteiger partial charge on any atom is 0.0426 e. The highest BCUT2D eigenvalue weighted by Gasteiger charge is 2.23. The van der Waals surface area contributed by atoms with Crippen LogP contribution in [0.1, 0.15) is 18.9 Å². The second-order valence-corrected chi connectivity index (χ2v) is 4.54. The second-order valence-electron chi connectivity index (χ2n) is 4.54. The Bertz CT molecular complexity index is 337. The summed E-state index contributed by atoms with van der Waals surface area (Å²) in [7, 11) is 0. The fourth-order valence-electron chi connectivity index (χ4n) is 2.20. The summed E-state index contributed by atoms with van der Waals surface area (Å²) in [5.41, 5.74) is 8.58. The summed E-state index contributed by atoms with van der Waals surface area (Å²) >= 11 is 0. The molecular formula is C12H19N3. The van der Waals surface area contributed by atoms with Gasteiger partial charge in [0.15, 0.2) is 0 Å². The van der Waals surface area contributed by atoms with Crippen molar-refractivity contribution in [1.29, 1.82) is 0 Å². The van der Waals surface area contributed by atoms with Crippen LogP contribution in [0.5, 0.6) is 0 Å². The molecule has 1 aromatic heterocycles. The number of nitrogens with zero attached hydrogens (tertiary/aromatic N) is 2. The lowest BCUT2D eigenvalue weighted by Gasteiger charge is -2.37. The summed E-state index contributed by atoms with van der Waals surface area (Å²) in [6, 6.07) is 2.46. The highest BCUT2D eigenvalue weighted by molar-refractivity contribution is 5.51. The first kappa shape index (κ1) is 10.4. The summed E-state index contributed by atoms with van der Waals surface area (Å²) in [6.07, 6.45) is 4.87. The molecule has 0 bridgehead atoms. The number of pyridine rings is 1. The average molecular weight is 205 g/mol. The predicted octanol–water partition coefficient (Wildman–Crippen LogP) is 1.56. The molecule has 1 aliphatic rings. The molecule has 0 aliphatic carbocycles. The fraction of sp³-hybridized carbons (Fsp3) is 0.583. The molecule has 15 heavy (non-hydrogen) atoms. The van der Waals surface area contributed by atoms with Crippen LogP contribution in [-0.2, 0) is 0 Å². The molecule has 0 radical (unpaired) electrons. The van der Waals surface area contributed by atoms with Crippen LogP contribution in [0.2, 0.25) is 0 Å². The molecule has 0 amide bonds. The number of rotatable bonds is 1. The molecule has 0 spiro atoms. The summed E-state index contributed by atoms with van der Waals surface area (Å²) < 4.78 is 0. The molecule has 0 aromatic carbocycles. The smallest absolute Gasteiger partial charge is 0.0426 e. The van der Waals surface area contributed by atoms with Gasteiger partial charge in [0, 0.05) is 37.2 Å². The topological polar surface area (TPSA) is 42.2 Å². The first-order valence-corrected chi connectivity index (χ1v) is 5.59. The van der Waals surface area contributed by atoms with Crippen LogP contribution < -0.4 is 10.6 Å². The number of aromatic nitrogens is 1. The van der Waals surface area contributed by atoms with Gasteiger partial charge in [0.25, 0.3) is 0 Å². The zero-order valence-corrected chi connectivity index (χ0v) is 9.48. The molecule has 1 aliphatic heterocycles. The predicted molar refractivity (Wildman–Crippen MR) is 62.9 cm³/mol. The van der Waals surface area contributed by atoms with Crippen molar-refractivity contribution >= 4 is 5.69 Å². The molecule has 3 nitrogen and oxygen atoms in total. The molecule has 3 heteroatoms. The van der Waals surface area contributed by atoms with Crippen LogP contribution in [0.25, 0.3) is 0 Å². The molecule has 2 unspecified atom stereocenters. The van der Waals surface area contributed by atoms with Crippen molar-refractivity contribution in [3.63, 3.8) is 0 Å². The number of aryl methyl sites for hydroxylation is 1. The number of hydrogen-bond acceptors (Lipinski definition) is 3. The quantitative estimate of drug-likeness (QED) is 0.756. The lowest BCUT2D eigenvalue weighted by Crippen LogP contribution is -2.46. The van der Waals surface area contributed by atoms with Gasteiger partial charge < -0.3 is 10.6 Å². The summed E-state index contributed by atoms with van der Waals surface area (Å²) in [5, 5.41) is 0. The van der Waals surface area contributed by atoms with Gasteiger partial charge in [-0.1, -0.05) is 6.92 Å². The maximum atomic E-state index is 6.02. The van der Waals surface area contributed by atoms with Gasteiger partial charge in [-0.25, -0.2) is 0 Å². The Morgan fingerprint density at radius 2 is 2.33 bits per heavy atom. The highest BCUT2D eigenvalue weighted by atomic mass is 15.1. The zero-order valence-electron chi connectivity index (χ0n) is 9.48. The summed E-state index contributed by atoms with van der Waals surface area (Å²) in [5.74, 6) is 0.575. The van der Waals surface area contributed by atoms with Gasteiger partial charge in [-0.2, -0.15) is 0 Å². The normalized spacial score (nSPS) is 26.7. The first-order chi connectivity index (χ1) is 7.18. The number of hydrogen-bond donors (Lipinski definition) is 1. The van der Waals surface area contributed by atoms with Crippen molar-refractivity contribution in [2.75, 3.05) is 18.0 Å². The minimum atomic E-state index is 0.364. The SMILES string of the molecule is Cc1cnccc1N1CCC(N)C(C)C1. The molecule has 2 rings (SSSR count). The lowest BCUT2D eigenvalue weighted by molar-refractivity contribution is 0.382. The van der Waals surface area contributed by atoms with Crippen LogP contribution in [0.15, 0.2) is 18.5 Å². The fourth-order valence-corrected chi connectivity index (χ4v) is 2.20. The average Bonchev–Trinajstić information content (AvgIpc) is 2.23. The van der Waals surface area contributed by atoms with Crippen LogP contribution in [0, 0.1) is 12.8 Å². The van der Waals surface area contributed by atoms with E-state index in [1.54, 1.807) is 0 Å². The van der Waals surface area contributed by atoms with E-state index in [0.29, 0.717) is 12.0 Å². The lowest BCUT2D eigenvalue weighted by atomic mass is 9.94. The van der Waals surface area contributed by atoms with Crippen molar-refractivity contribution in [2.24, 2.45) is 11.7 Å². The zero-order chi connectivity index (χ0) is 10.8. The first-order valence-electron chi connectivity index (χ1n) is 5.59. The van der Waals surface area contributed by atoms with Crippen molar-refractivity contribution in [3.05, 3.63) is 24.0 Å². The van der Waals surface area contributed by atoms with Crippen molar-refractivity contribution in [3.8, 4) is 0 Å². The standard InChI is InChI=1S/C12H19N3/c1-9-7-14-5-3-12(9)15-6-4-11(13)10(2)8-15/h3,5,7,10-11H,4,6,8,13H2,1-2H3. The van der Waals surface area contributed by atoms with E-state index in [1.165, 1.54) is 11.3 Å². The van der Waals surface area contributed by atoms with Crippen LogP contribution in [-0.4, -0.2) is 24.1 Å². The minimum Gasteiger partial charge on any atom is -0.371 e. The number of anilines is 1. The van der Waals surface area contributed by atoms with Gasteiger partial charge in [0.1, 0.15) is 0 Å². The Labute approximate surface area is 91.3 Å². The number of nitrogens with two attached hydrogens (primary N) is 1. The third kappa shape index (κ3) is 2.12. The Balaban J connectivity index is 2.15. The van der Waals surface area contributed by atoms with E-state index in [9.17, 15) is 0 Å². The van der Waals surface area contributed by atoms with E-state index in [4.69, 9.17) is 5.73 Å². The maximum absolute atomic E-state index is 6.02. The number of piperidine rings is 1. The Morgan fingerprint density at radius 3 is 3.00 bits per heavy atom. The third-order valence-corrected chi connectivity index (χ3v) is 3.30. The molecule has 2 heterocycles. The molecule has 1 saturated heterocycles. The van der Waals surface area contributed by atoms with Crippen LogP contribution in [0.4, 0.5) is 5.69 Å². The van der Waals surface area contributed by atoms with E-state index in [1.807, 2.05) is 12.4 Å². The van der Waals surface area contributed by atoms with Crippen LogP contribution >= 0.6 is 0 Å². The monoisotopic (exact) mass is 205 g/mol. The Kier molecular flexibility index (Phi) is 2.91. The van der Waals surface area contributed by atoms with Crippen LogP contribution in [0.3, 0.4) is 0 Å². The molecule has 2 atom stereocenters. The van der Waals surface area contributed by atoms with E-state index in [0.717, 1.165) is 19.5 Å². The van der Waals surface area contributed by atoms with Crippen molar-refractivity contribution < 1.29 is 0 Å². The largest absolute Gasteiger partial charge is 0.371 e. The summed E-state index contributed by atoms with van der Waals surface area (Å²) in [4.78, 5) is 6.54.